The molecule has 124 valence electrons. The predicted octanol–water partition coefficient (Wildman–Crippen LogP) is 0.438. The maximum absolute atomic E-state index is 11.8. The molecule has 0 unspecified atom stereocenters. The van der Waals surface area contributed by atoms with Crippen LogP contribution in [0.2, 0.25) is 0 Å². The fourth-order valence-electron chi connectivity index (χ4n) is 3.33. The Labute approximate surface area is 135 Å². The molecule has 0 aromatic carbocycles. The van der Waals surface area contributed by atoms with Crippen molar-refractivity contribution in [1.82, 2.24) is 21.3 Å². The van der Waals surface area contributed by atoms with E-state index in [1.807, 2.05) is 11.8 Å². The number of nitrogens with one attached hydrogen (secondary N) is 4. The van der Waals surface area contributed by atoms with E-state index in [1.165, 1.54) is 0 Å². The van der Waals surface area contributed by atoms with Gasteiger partial charge in [0, 0.05) is 24.0 Å². The van der Waals surface area contributed by atoms with Gasteiger partial charge in [0.25, 0.3) is 0 Å². The summed E-state index contributed by atoms with van der Waals surface area (Å²) in [5, 5.41) is 12.7. The van der Waals surface area contributed by atoms with Crippen LogP contribution < -0.4 is 21.3 Å². The third-order valence-electron chi connectivity index (χ3n) is 4.82. The Morgan fingerprint density at radius 1 is 1.23 bits per heavy atom. The van der Waals surface area contributed by atoms with E-state index >= 15 is 0 Å². The first-order chi connectivity index (χ1) is 10.7. The van der Waals surface area contributed by atoms with Crippen LogP contribution in [0.15, 0.2) is 0 Å². The number of amides is 3. The quantitative estimate of drug-likeness (QED) is 0.385. The highest BCUT2D eigenvalue weighted by Crippen LogP contribution is 2.33. The van der Waals surface area contributed by atoms with Crippen molar-refractivity contribution in [2.75, 3.05) is 25.4 Å². The smallest absolute Gasteiger partial charge is 0.315 e. The van der Waals surface area contributed by atoms with E-state index in [9.17, 15) is 9.59 Å². The largest absolute Gasteiger partial charge is 0.356 e. The zero-order valence-electron chi connectivity index (χ0n) is 12.9. The number of carbonyl (C=O) groups is 2. The fourth-order valence-corrected chi connectivity index (χ4v) is 4.87. The van der Waals surface area contributed by atoms with Gasteiger partial charge in [-0.1, -0.05) is 6.42 Å². The van der Waals surface area contributed by atoms with Gasteiger partial charge in [-0.2, -0.15) is 11.8 Å². The van der Waals surface area contributed by atoms with E-state index in [-0.39, 0.29) is 18.0 Å². The van der Waals surface area contributed by atoms with Crippen LogP contribution in [0, 0.1) is 5.92 Å². The molecule has 0 aliphatic carbocycles. The summed E-state index contributed by atoms with van der Waals surface area (Å²) in [5.41, 5.74) is 0. The second-order valence-corrected chi connectivity index (χ2v) is 7.80. The molecule has 4 N–H and O–H groups in total. The minimum atomic E-state index is -0.0265. The third kappa shape index (κ3) is 4.07. The summed E-state index contributed by atoms with van der Waals surface area (Å²) in [6, 6.07) is 0.551. The molecular formula is C15H26N4O2S. The summed E-state index contributed by atoms with van der Waals surface area (Å²) in [5.74, 6) is 1.94. The van der Waals surface area contributed by atoms with Gasteiger partial charge in [0.15, 0.2) is 0 Å². The SMILES string of the molecule is O=C(CCCC[C@@H]1SC[C@@H]2NC(=O)N[C@@H]21)NCCC1CNC1. The van der Waals surface area contributed by atoms with E-state index in [0.717, 1.165) is 57.0 Å². The molecule has 3 saturated heterocycles. The van der Waals surface area contributed by atoms with Crippen LogP contribution in [0.3, 0.4) is 0 Å². The Morgan fingerprint density at radius 2 is 2.09 bits per heavy atom. The first-order valence-corrected chi connectivity index (χ1v) is 9.43. The van der Waals surface area contributed by atoms with Crippen molar-refractivity contribution in [3.8, 4) is 0 Å². The van der Waals surface area contributed by atoms with Crippen molar-refractivity contribution in [2.45, 2.75) is 49.4 Å². The van der Waals surface area contributed by atoms with Gasteiger partial charge in [0.1, 0.15) is 0 Å². The number of unbranched alkanes of at least 4 members (excludes halogenated alkanes) is 1. The van der Waals surface area contributed by atoms with Crippen molar-refractivity contribution < 1.29 is 9.59 Å². The molecule has 7 heteroatoms. The van der Waals surface area contributed by atoms with Crippen molar-refractivity contribution in [2.24, 2.45) is 5.92 Å². The Kier molecular flexibility index (Phi) is 5.46. The van der Waals surface area contributed by atoms with Gasteiger partial charge in [-0.05, 0) is 38.3 Å². The third-order valence-corrected chi connectivity index (χ3v) is 6.33. The summed E-state index contributed by atoms with van der Waals surface area (Å²) >= 11 is 1.94. The standard InChI is InChI=1S/C15H26N4O2S/c20-13(17-6-5-10-7-16-8-10)4-2-1-3-12-14-11(9-22-12)18-15(21)19-14/h10-12,14,16H,1-9H2,(H,17,20)(H2,18,19,21)/t11-,12-,14-/m0/s1. The first kappa shape index (κ1) is 15.9. The molecule has 0 bridgehead atoms. The molecule has 0 radical (unpaired) electrons. The number of hydrogen-bond donors (Lipinski definition) is 4. The average Bonchev–Trinajstić information content (AvgIpc) is 2.97. The molecular weight excluding hydrogens is 300 g/mol. The highest BCUT2D eigenvalue weighted by molar-refractivity contribution is 8.00. The molecule has 3 aliphatic rings. The monoisotopic (exact) mass is 326 g/mol. The Bertz CT molecular complexity index is 416. The number of carbonyl (C=O) groups excluding carboxylic acids is 2. The van der Waals surface area contributed by atoms with Crippen LogP contribution in [-0.4, -0.2) is 54.7 Å². The van der Waals surface area contributed by atoms with Crippen LogP contribution >= 0.6 is 11.8 Å². The Morgan fingerprint density at radius 3 is 2.86 bits per heavy atom. The van der Waals surface area contributed by atoms with Gasteiger partial charge in [-0.3, -0.25) is 4.79 Å². The second kappa shape index (κ2) is 7.55. The molecule has 6 nitrogen and oxygen atoms in total. The lowest BCUT2D eigenvalue weighted by atomic mass is 9.99. The molecule has 0 spiro atoms. The molecule has 3 fully saturated rings. The molecule has 3 rings (SSSR count). The molecule has 3 atom stereocenters. The van der Waals surface area contributed by atoms with Crippen molar-refractivity contribution >= 4 is 23.7 Å². The zero-order chi connectivity index (χ0) is 15.4. The number of hydrogen-bond acceptors (Lipinski definition) is 4. The molecule has 0 saturated carbocycles. The molecule has 0 aromatic heterocycles. The number of rotatable bonds is 8. The lowest BCUT2D eigenvalue weighted by Crippen LogP contribution is -2.43. The maximum Gasteiger partial charge on any atom is 0.315 e. The van der Waals surface area contributed by atoms with E-state index < -0.39 is 0 Å². The highest BCUT2D eigenvalue weighted by atomic mass is 32.2. The summed E-state index contributed by atoms with van der Waals surface area (Å²) < 4.78 is 0. The van der Waals surface area contributed by atoms with E-state index in [1.54, 1.807) is 0 Å². The normalized spacial score (nSPS) is 30.4. The van der Waals surface area contributed by atoms with Crippen LogP contribution in [0.5, 0.6) is 0 Å². The van der Waals surface area contributed by atoms with E-state index in [4.69, 9.17) is 0 Å². The van der Waals surface area contributed by atoms with Crippen molar-refractivity contribution in [3.05, 3.63) is 0 Å². The highest BCUT2D eigenvalue weighted by Gasteiger charge is 2.42. The first-order valence-electron chi connectivity index (χ1n) is 8.38. The van der Waals surface area contributed by atoms with Gasteiger partial charge >= 0.3 is 6.03 Å². The molecule has 3 heterocycles. The van der Waals surface area contributed by atoms with Gasteiger partial charge in [-0.15, -0.1) is 0 Å². The van der Waals surface area contributed by atoms with E-state index in [2.05, 4.69) is 21.3 Å². The van der Waals surface area contributed by atoms with Crippen LogP contribution in [0.1, 0.15) is 32.1 Å². The average molecular weight is 326 g/mol. The van der Waals surface area contributed by atoms with E-state index in [0.29, 0.717) is 17.7 Å². The molecule has 3 aliphatic heterocycles. The lowest BCUT2D eigenvalue weighted by Gasteiger charge is -2.26. The minimum absolute atomic E-state index is 0.0265. The van der Waals surface area contributed by atoms with Gasteiger partial charge in [-0.25, -0.2) is 4.79 Å². The zero-order valence-corrected chi connectivity index (χ0v) is 13.7. The predicted molar refractivity (Wildman–Crippen MR) is 87.9 cm³/mol. The Balaban J connectivity index is 1.23. The number of fused-ring (bicyclic) bond motifs is 1. The Hall–Kier alpha value is -0.950. The molecule has 0 aromatic rings. The number of urea groups is 1. The minimum Gasteiger partial charge on any atom is -0.356 e. The van der Waals surface area contributed by atoms with Crippen LogP contribution in [0.4, 0.5) is 4.79 Å². The van der Waals surface area contributed by atoms with Gasteiger partial charge in [0.2, 0.25) is 5.91 Å². The second-order valence-electron chi connectivity index (χ2n) is 6.53. The van der Waals surface area contributed by atoms with Gasteiger partial charge < -0.3 is 21.3 Å². The topological polar surface area (TPSA) is 82.3 Å². The number of thioether (sulfide) groups is 1. The van der Waals surface area contributed by atoms with Crippen LogP contribution in [-0.2, 0) is 4.79 Å². The maximum atomic E-state index is 11.8. The van der Waals surface area contributed by atoms with Gasteiger partial charge in [0.05, 0.1) is 12.1 Å². The summed E-state index contributed by atoms with van der Waals surface area (Å²) in [6.45, 7) is 3.01. The fraction of sp³-hybridized carbons (Fsp3) is 0.867. The molecule has 3 amide bonds. The summed E-state index contributed by atoms with van der Waals surface area (Å²) in [4.78, 5) is 23.1. The van der Waals surface area contributed by atoms with Crippen molar-refractivity contribution in [1.29, 1.82) is 0 Å². The van der Waals surface area contributed by atoms with Crippen LogP contribution in [0.25, 0.3) is 0 Å². The lowest BCUT2D eigenvalue weighted by molar-refractivity contribution is -0.121. The summed E-state index contributed by atoms with van der Waals surface area (Å²) in [6.07, 6.45) is 4.78. The van der Waals surface area contributed by atoms with Crippen molar-refractivity contribution in [3.63, 3.8) is 0 Å². The molecule has 22 heavy (non-hydrogen) atoms. The summed E-state index contributed by atoms with van der Waals surface area (Å²) in [7, 11) is 0.